The third-order valence-corrected chi connectivity index (χ3v) is 3.22. The van der Waals surface area contributed by atoms with Crippen LogP contribution < -0.4 is 11.1 Å². The lowest BCUT2D eigenvalue weighted by atomic mass is 10.4. The van der Waals surface area contributed by atoms with E-state index < -0.39 is 0 Å². The van der Waals surface area contributed by atoms with Gasteiger partial charge in [0.05, 0.1) is 4.88 Å². The fourth-order valence-electron chi connectivity index (χ4n) is 1.23. The molecule has 13 heavy (non-hydrogen) atoms. The van der Waals surface area contributed by atoms with Crippen LogP contribution >= 0.6 is 11.3 Å². The number of carbonyl (C=O) groups excluding carboxylic acids is 1. The Morgan fingerprint density at radius 2 is 2.46 bits per heavy atom. The maximum Gasteiger partial charge on any atom is 0.261 e. The Bertz CT molecular complexity index is 334. The molecule has 0 saturated heterocycles. The Balaban J connectivity index is 1.97. The number of anilines is 1. The van der Waals surface area contributed by atoms with Gasteiger partial charge in [-0.1, -0.05) is 6.92 Å². The number of rotatable bonds is 2. The molecule has 0 radical (unpaired) electrons. The highest BCUT2D eigenvalue weighted by atomic mass is 32.1. The van der Waals surface area contributed by atoms with Gasteiger partial charge in [-0.05, 0) is 18.4 Å². The van der Waals surface area contributed by atoms with Gasteiger partial charge in [0, 0.05) is 17.1 Å². The Hall–Kier alpha value is -1.03. The summed E-state index contributed by atoms with van der Waals surface area (Å²) < 4.78 is 0. The minimum atomic E-state index is 0.0102. The van der Waals surface area contributed by atoms with Crippen molar-refractivity contribution in [3.05, 3.63) is 16.3 Å². The molecule has 2 atom stereocenters. The number of amides is 1. The van der Waals surface area contributed by atoms with Crippen LogP contribution in [0.5, 0.6) is 0 Å². The first-order valence-corrected chi connectivity index (χ1v) is 5.19. The number of nitrogens with two attached hydrogens (primary N) is 1. The van der Waals surface area contributed by atoms with Crippen LogP contribution in [-0.4, -0.2) is 11.9 Å². The predicted molar refractivity (Wildman–Crippen MR) is 53.8 cm³/mol. The van der Waals surface area contributed by atoms with Crippen LogP contribution in [0.1, 0.15) is 23.0 Å². The summed E-state index contributed by atoms with van der Waals surface area (Å²) in [6.07, 6.45) is 1.10. The highest BCUT2D eigenvalue weighted by molar-refractivity contribution is 7.12. The minimum absolute atomic E-state index is 0.0102. The van der Waals surface area contributed by atoms with Crippen molar-refractivity contribution in [2.24, 2.45) is 5.92 Å². The zero-order valence-corrected chi connectivity index (χ0v) is 8.23. The first-order valence-electron chi connectivity index (χ1n) is 4.31. The Morgan fingerprint density at radius 3 is 2.92 bits per heavy atom. The molecule has 1 fully saturated rings. The highest BCUT2D eigenvalue weighted by Crippen LogP contribution is 2.29. The van der Waals surface area contributed by atoms with Gasteiger partial charge in [0.15, 0.2) is 0 Å². The highest BCUT2D eigenvalue weighted by Gasteiger charge is 2.34. The molecular weight excluding hydrogens is 184 g/mol. The second-order valence-electron chi connectivity index (χ2n) is 3.54. The molecule has 4 heteroatoms. The van der Waals surface area contributed by atoms with Crippen molar-refractivity contribution >= 4 is 22.9 Å². The molecule has 3 nitrogen and oxygen atoms in total. The van der Waals surface area contributed by atoms with Crippen LogP contribution in [0.4, 0.5) is 5.69 Å². The van der Waals surface area contributed by atoms with Gasteiger partial charge in [0.2, 0.25) is 0 Å². The smallest absolute Gasteiger partial charge is 0.261 e. The van der Waals surface area contributed by atoms with E-state index in [0.29, 0.717) is 22.5 Å². The van der Waals surface area contributed by atoms with E-state index in [1.54, 1.807) is 11.4 Å². The fourth-order valence-corrected chi connectivity index (χ4v) is 1.93. The van der Waals surface area contributed by atoms with Gasteiger partial charge in [-0.15, -0.1) is 11.3 Å². The van der Waals surface area contributed by atoms with Crippen LogP contribution in [0.25, 0.3) is 0 Å². The molecule has 3 N–H and O–H groups in total. The average Bonchev–Trinajstić information content (AvgIpc) is 2.62. The standard InChI is InChI=1S/C9H12N2OS/c1-5-2-7(5)11-9(12)8-3-6(10)4-13-8/h3-5,7H,2,10H2,1H3,(H,11,12). The first kappa shape index (κ1) is 8.56. The summed E-state index contributed by atoms with van der Waals surface area (Å²) in [5, 5.41) is 4.73. The zero-order valence-electron chi connectivity index (χ0n) is 7.41. The summed E-state index contributed by atoms with van der Waals surface area (Å²) in [5.74, 6) is 0.650. The molecule has 0 aromatic carbocycles. The molecule has 0 spiro atoms. The van der Waals surface area contributed by atoms with Gasteiger partial charge in [-0.3, -0.25) is 4.79 Å². The molecule has 1 aromatic heterocycles. The number of nitrogens with one attached hydrogen (secondary N) is 1. The Morgan fingerprint density at radius 1 is 1.77 bits per heavy atom. The summed E-state index contributed by atoms with van der Waals surface area (Å²) in [4.78, 5) is 12.2. The van der Waals surface area contributed by atoms with Gasteiger partial charge >= 0.3 is 0 Å². The summed E-state index contributed by atoms with van der Waals surface area (Å²) in [6, 6.07) is 2.10. The lowest BCUT2D eigenvalue weighted by molar-refractivity contribution is 0.0953. The second kappa shape index (κ2) is 3.03. The molecule has 1 saturated carbocycles. The van der Waals surface area contributed by atoms with Gasteiger partial charge in [0.25, 0.3) is 5.91 Å². The number of carbonyl (C=O) groups is 1. The summed E-state index contributed by atoms with van der Waals surface area (Å²) in [5.41, 5.74) is 6.19. The van der Waals surface area contributed by atoms with Gasteiger partial charge in [-0.2, -0.15) is 0 Å². The van der Waals surface area contributed by atoms with E-state index in [0.717, 1.165) is 6.42 Å². The normalized spacial score (nSPS) is 25.6. The van der Waals surface area contributed by atoms with E-state index in [2.05, 4.69) is 12.2 Å². The van der Waals surface area contributed by atoms with Crippen molar-refractivity contribution in [2.75, 3.05) is 5.73 Å². The van der Waals surface area contributed by atoms with Gasteiger partial charge in [-0.25, -0.2) is 0 Å². The number of nitrogen functional groups attached to an aromatic ring is 1. The fraction of sp³-hybridized carbons (Fsp3) is 0.444. The van der Waals surface area contributed by atoms with E-state index >= 15 is 0 Å². The molecule has 1 heterocycles. The quantitative estimate of drug-likeness (QED) is 0.752. The Kier molecular flexibility index (Phi) is 2.00. The third kappa shape index (κ3) is 1.83. The minimum Gasteiger partial charge on any atom is -0.398 e. The second-order valence-corrected chi connectivity index (χ2v) is 4.45. The molecule has 1 aromatic rings. The molecule has 70 valence electrons. The number of hydrogen-bond donors (Lipinski definition) is 2. The molecule has 0 aliphatic heterocycles. The molecule has 1 amide bonds. The number of hydrogen-bond acceptors (Lipinski definition) is 3. The summed E-state index contributed by atoms with van der Waals surface area (Å²) in [7, 11) is 0. The average molecular weight is 196 g/mol. The van der Waals surface area contributed by atoms with E-state index in [1.807, 2.05) is 0 Å². The van der Waals surface area contributed by atoms with Crippen molar-refractivity contribution in [1.29, 1.82) is 0 Å². The van der Waals surface area contributed by atoms with Crippen molar-refractivity contribution in [2.45, 2.75) is 19.4 Å². The van der Waals surface area contributed by atoms with Crippen LogP contribution in [0.15, 0.2) is 11.4 Å². The van der Waals surface area contributed by atoms with E-state index in [1.165, 1.54) is 11.3 Å². The summed E-state index contributed by atoms with van der Waals surface area (Å²) in [6.45, 7) is 2.13. The van der Waals surface area contributed by atoms with Crippen molar-refractivity contribution in [3.8, 4) is 0 Å². The zero-order chi connectivity index (χ0) is 9.42. The van der Waals surface area contributed by atoms with Gasteiger partial charge < -0.3 is 11.1 Å². The molecule has 0 bridgehead atoms. The maximum atomic E-state index is 11.5. The largest absolute Gasteiger partial charge is 0.398 e. The third-order valence-electron chi connectivity index (χ3n) is 2.27. The molecule has 2 rings (SSSR count). The topological polar surface area (TPSA) is 55.1 Å². The lowest BCUT2D eigenvalue weighted by Gasteiger charge is -1.99. The molecule has 2 unspecified atom stereocenters. The van der Waals surface area contributed by atoms with Crippen molar-refractivity contribution in [3.63, 3.8) is 0 Å². The van der Waals surface area contributed by atoms with E-state index in [-0.39, 0.29) is 5.91 Å². The van der Waals surface area contributed by atoms with Gasteiger partial charge in [0.1, 0.15) is 0 Å². The van der Waals surface area contributed by atoms with Crippen LogP contribution in [-0.2, 0) is 0 Å². The van der Waals surface area contributed by atoms with Crippen LogP contribution in [0.3, 0.4) is 0 Å². The predicted octanol–water partition coefficient (Wildman–Crippen LogP) is 1.47. The maximum absolute atomic E-state index is 11.5. The van der Waals surface area contributed by atoms with Crippen molar-refractivity contribution < 1.29 is 4.79 Å². The Labute approximate surface area is 80.9 Å². The van der Waals surface area contributed by atoms with E-state index in [9.17, 15) is 4.79 Å². The van der Waals surface area contributed by atoms with Crippen LogP contribution in [0, 0.1) is 5.92 Å². The van der Waals surface area contributed by atoms with Crippen LogP contribution in [0.2, 0.25) is 0 Å². The van der Waals surface area contributed by atoms with Crippen molar-refractivity contribution in [1.82, 2.24) is 5.32 Å². The molecular formula is C9H12N2OS. The monoisotopic (exact) mass is 196 g/mol. The molecule has 1 aliphatic rings. The lowest BCUT2D eigenvalue weighted by Crippen LogP contribution is -2.25. The SMILES string of the molecule is CC1CC1NC(=O)c1cc(N)cs1. The molecule has 1 aliphatic carbocycles. The van der Waals surface area contributed by atoms with E-state index in [4.69, 9.17) is 5.73 Å². The number of thiophene rings is 1. The first-order chi connectivity index (χ1) is 6.16. The summed E-state index contributed by atoms with van der Waals surface area (Å²) >= 11 is 1.39.